The first kappa shape index (κ1) is 11.0. The Morgan fingerprint density at radius 1 is 1.39 bits per heavy atom. The molecule has 3 rings (SSSR count). The third-order valence-corrected chi connectivity index (χ3v) is 3.64. The molecule has 2 aliphatic rings. The van der Waals surface area contributed by atoms with Gasteiger partial charge in [0.15, 0.2) is 5.41 Å². The number of benzene rings is 1. The van der Waals surface area contributed by atoms with Gasteiger partial charge in [0.1, 0.15) is 0 Å². The lowest BCUT2D eigenvalue weighted by Crippen LogP contribution is -2.41. The fourth-order valence-corrected chi connectivity index (χ4v) is 2.75. The zero-order valence-corrected chi connectivity index (χ0v) is 9.56. The van der Waals surface area contributed by atoms with Crippen molar-refractivity contribution >= 4 is 23.2 Å². The highest BCUT2D eigenvalue weighted by Crippen LogP contribution is 2.44. The molecule has 0 bridgehead atoms. The fourth-order valence-electron chi connectivity index (χ4n) is 2.75. The Kier molecular flexibility index (Phi) is 2.12. The van der Waals surface area contributed by atoms with Crippen LogP contribution in [-0.4, -0.2) is 29.6 Å². The molecule has 1 spiro atoms. The normalized spacial score (nSPS) is 29.3. The molecule has 2 atom stereocenters. The van der Waals surface area contributed by atoms with E-state index in [-0.39, 0.29) is 30.9 Å². The van der Waals surface area contributed by atoms with Crippen LogP contribution in [0.3, 0.4) is 0 Å². The van der Waals surface area contributed by atoms with Crippen LogP contribution in [-0.2, 0) is 15.0 Å². The number of fused-ring (bicyclic) bond motifs is 2. The fraction of sp³-hybridized carbons (Fsp3) is 0.333. The lowest BCUT2D eigenvalue weighted by atomic mass is 9.79. The average molecular weight is 247 g/mol. The standard InChI is InChI=1S/C12H13N3O3/c13-6-1-2-8-9(3-6)15-11(18)12(8)4-7(5-16)14-10(12)17/h1-3,7,16H,4-5,13H2,(H,14,17)(H,15,18)/t7-,12+/m1/s1. The third kappa shape index (κ3) is 1.20. The van der Waals surface area contributed by atoms with Gasteiger partial charge in [-0.15, -0.1) is 0 Å². The van der Waals surface area contributed by atoms with E-state index in [4.69, 9.17) is 10.8 Å². The first-order chi connectivity index (χ1) is 8.57. The molecule has 1 saturated heterocycles. The number of aliphatic hydroxyl groups is 1. The van der Waals surface area contributed by atoms with Crippen LogP contribution in [0.1, 0.15) is 12.0 Å². The van der Waals surface area contributed by atoms with Gasteiger partial charge in [0, 0.05) is 16.9 Å². The molecule has 94 valence electrons. The number of amides is 2. The highest BCUT2D eigenvalue weighted by Gasteiger charge is 2.57. The molecule has 5 N–H and O–H groups in total. The van der Waals surface area contributed by atoms with E-state index >= 15 is 0 Å². The van der Waals surface area contributed by atoms with Gasteiger partial charge in [-0.2, -0.15) is 0 Å². The summed E-state index contributed by atoms with van der Waals surface area (Å²) in [4.78, 5) is 24.3. The minimum atomic E-state index is -1.21. The van der Waals surface area contributed by atoms with Crippen molar-refractivity contribution < 1.29 is 14.7 Å². The van der Waals surface area contributed by atoms with Crippen LogP contribution in [0.4, 0.5) is 11.4 Å². The summed E-state index contributed by atoms with van der Waals surface area (Å²) in [7, 11) is 0. The van der Waals surface area contributed by atoms with E-state index in [2.05, 4.69) is 10.6 Å². The predicted molar refractivity (Wildman–Crippen MR) is 64.8 cm³/mol. The van der Waals surface area contributed by atoms with Gasteiger partial charge in [-0.1, -0.05) is 6.07 Å². The molecule has 6 nitrogen and oxygen atoms in total. The van der Waals surface area contributed by atoms with Crippen LogP contribution in [0.2, 0.25) is 0 Å². The number of nitrogens with two attached hydrogens (primary N) is 1. The van der Waals surface area contributed by atoms with Crippen LogP contribution in [0.25, 0.3) is 0 Å². The predicted octanol–water partition coefficient (Wildman–Crippen LogP) is -0.660. The number of hydrogen-bond acceptors (Lipinski definition) is 4. The van der Waals surface area contributed by atoms with E-state index in [9.17, 15) is 9.59 Å². The van der Waals surface area contributed by atoms with E-state index < -0.39 is 5.41 Å². The lowest BCUT2D eigenvalue weighted by molar-refractivity contribution is -0.131. The van der Waals surface area contributed by atoms with Crippen LogP contribution in [0.15, 0.2) is 18.2 Å². The highest BCUT2D eigenvalue weighted by molar-refractivity contribution is 6.21. The topological polar surface area (TPSA) is 104 Å². The second-order valence-electron chi connectivity index (χ2n) is 4.72. The number of carbonyl (C=O) groups is 2. The molecule has 18 heavy (non-hydrogen) atoms. The van der Waals surface area contributed by atoms with Crippen molar-refractivity contribution in [2.45, 2.75) is 17.9 Å². The van der Waals surface area contributed by atoms with Crippen LogP contribution < -0.4 is 16.4 Å². The van der Waals surface area contributed by atoms with E-state index in [0.717, 1.165) is 0 Å². The maximum atomic E-state index is 12.1. The summed E-state index contributed by atoms with van der Waals surface area (Å²) in [6, 6.07) is 4.62. The monoisotopic (exact) mass is 247 g/mol. The molecule has 2 aliphatic heterocycles. The number of anilines is 2. The van der Waals surface area contributed by atoms with Gasteiger partial charge in [-0.3, -0.25) is 9.59 Å². The molecule has 0 aliphatic carbocycles. The molecule has 6 heteroatoms. The van der Waals surface area contributed by atoms with E-state index in [0.29, 0.717) is 16.9 Å². The Morgan fingerprint density at radius 2 is 2.17 bits per heavy atom. The quantitative estimate of drug-likeness (QED) is 0.390. The summed E-state index contributed by atoms with van der Waals surface area (Å²) in [6.07, 6.45) is 0.269. The van der Waals surface area contributed by atoms with Gasteiger partial charge in [0.2, 0.25) is 11.8 Å². The number of rotatable bonds is 1. The second-order valence-corrected chi connectivity index (χ2v) is 4.72. The van der Waals surface area contributed by atoms with Crippen LogP contribution >= 0.6 is 0 Å². The Morgan fingerprint density at radius 3 is 2.83 bits per heavy atom. The maximum Gasteiger partial charge on any atom is 0.244 e. The summed E-state index contributed by atoms with van der Waals surface area (Å²) in [6.45, 7) is -0.176. The van der Waals surface area contributed by atoms with Gasteiger partial charge in [-0.25, -0.2) is 0 Å². The van der Waals surface area contributed by atoms with Gasteiger partial charge in [-0.05, 0) is 18.6 Å². The first-order valence-corrected chi connectivity index (χ1v) is 5.71. The van der Waals surface area contributed by atoms with Gasteiger partial charge >= 0.3 is 0 Å². The van der Waals surface area contributed by atoms with Crippen molar-refractivity contribution in [3.05, 3.63) is 23.8 Å². The molecule has 0 saturated carbocycles. The molecule has 1 aromatic rings. The summed E-state index contributed by atoms with van der Waals surface area (Å²) in [5, 5.41) is 14.5. The summed E-state index contributed by atoms with van der Waals surface area (Å²) in [5.41, 5.74) is 6.19. The van der Waals surface area contributed by atoms with Crippen molar-refractivity contribution in [1.29, 1.82) is 0 Å². The lowest BCUT2D eigenvalue weighted by Gasteiger charge is -2.17. The van der Waals surface area contributed by atoms with E-state index in [1.54, 1.807) is 18.2 Å². The number of carbonyl (C=O) groups excluding carboxylic acids is 2. The molecule has 2 heterocycles. The van der Waals surface area contributed by atoms with E-state index in [1.165, 1.54) is 0 Å². The number of hydrogen-bond donors (Lipinski definition) is 4. The summed E-state index contributed by atoms with van der Waals surface area (Å²) < 4.78 is 0. The van der Waals surface area contributed by atoms with Crippen LogP contribution in [0, 0.1) is 0 Å². The highest BCUT2D eigenvalue weighted by atomic mass is 16.3. The van der Waals surface area contributed by atoms with Crippen molar-refractivity contribution in [2.75, 3.05) is 17.7 Å². The maximum absolute atomic E-state index is 12.1. The van der Waals surface area contributed by atoms with Gasteiger partial charge < -0.3 is 21.5 Å². The minimum Gasteiger partial charge on any atom is -0.399 e. The molecule has 0 unspecified atom stereocenters. The zero-order chi connectivity index (χ0) is 12.9. The Bertz CT molecular complexity index is 557. The molecule has 2 amide bonds. The smallest absolute Gasteiger partial charge is 0.244 e. The Balaban J connectivity index is 2.14. The molecular formula is C12H13N3O3. The second kappa shape index (κ2) is 3.46. The molecule has 1 aromatic carbocycles. The number of nitrogens with one attached hydrogen (secondary N) is 2. The zero-order valence-electron chi connectivity index (χ0n) is 9.56. The minimum absolute atomic E-state index is 0.176. The van der Waals surface area contributed by atoms with E-state index in [1.807, 2.05) is 0 Å². The van der Waals surface area contributed by atoms with Crippen molar-refractivity contribution in [2.24, 2.45) is 0 Å². The Labute approximate surface area is 103 Å². The van der Waals surface area contributed by atoms with Gasteiger partial charge in [0.25, 0.3) is 0 Å². The van der Waals surface area contributed by atoms with Crippen molar-refractivity contribution in [3.8, 4) is 0 Å². The average Bonchev–Trinajstić information content (AvgIpc) is 2.80. The summed E-state index contributed by atoms with van der Waals surface area (Å²) in [5.74, 6) is -0.709. The third-order valence-electron chi connectivity index (χ3n) is 3.64. The van der Waals surface area contributed by atoms with Crippen molar-refractivity contribution in [1.82, 2.24) is 5.32 Å². The van der Waals surface area contributed by atoms with Crippen LogP contribution in [0.5, 0.6) is 0 Å². The summed E-state index contributed by atoms with van der Waals surface area (Å²) >= 11 is 0. The largest absolute Gasteiger partial charge is 0.399 e. The SMILES string of the molecule is Nc1ccc2c(c1)NC(=O)[C@@]21C[C@H](CO)NC1=O. The number of aliphatic hydroxyl groups excluding tert-OH is 1. The van der Waals surface area contributed by atoms with Gasteiger partial charge in [0.05, 0.1) is 12.6 Å². The van der Waals surface area contributed by atoms with Crippen molar-refractivity contribution in [3.63, 3.8) is 0 Å². The Hall–Kier alpha value is -2.08. The molecule has 0 aromatic heterocycles. The molecular weight excluding hydrogens is 234 g/mol. The first-order valence-electron chi connectivity index (χ1n) is 5.71. The molecule has 0 radical (unpaired) electrons. The molecule has 1 fully saturated rings. The number of nitrogen functional groups attached to an aromatic ring is 1.